The van der Waals surface area contributed by atoms with E-state index in [4.69, 9.17) is 0 Å². The zero-order chi connectivity index (χ0) is 3.54. The molecule has 1 heterocycles. The molecule has 0 atom stereocenters. The van der Waals surface area contributed by atoms with Crippen LogP contribution in [-0.4, -0.2) is 14.6 Å². The van der Waals surface area contributed by atoms with Crippen molar-refractivity contribution in [3.8, 4) is 0 Å². The molecule has 0 saturated carbocycles. The molecule has 0 aliphatic carbocycles. The fraction of sp³-hybridized carbons (Fsp3) is 0.333. The van der Waals surface area contributed by atoms with Crippen molar-refractivity contribution in [2.45, 2.75) is 6.22 Å². The summed E-state index contributed by atoms with van der Waals surface area (Å²) in [6.45, 7) is 0. The van der Waals surface area contributed by atoms with E-state index in [1.807, 2.05) is 0 Å². The molecule has 0 fully saturated rings. The molecule has 0 bridgehead atoms. The van der Waals surface area contributed by atoms with Crippen LogP contribution in [0.1, 0.15) is 0 Å². The van der Waals surface area contributed by atoms with E-state index in [0.717, 1.165) is 6.22 Å². The van der Waals surface area contributed by atoms with Crippen molar-refractivity contribution >= 4 is 14.6 Å². The second-order valence-corrected chi connectivity index (χ2v) is 1.09. The maximum atomic E-state index is 2.12. The fourth-order valence-electron chi connectivity index (χ4n) is 0.393. The summed E-state index contributed by atoms with van der Waals surface area (Å²) in [6.07, 6.45) is 1.14. The zero-order valence-electron chi connectivity index (χ0n) is 3.02. The maximum absolute atomic E-state index is 2.12. The first-order valence-electron chi connectivity index (χ1n) is 1.82. The highest BCUT2D eigenvalue weighted by Gasteiger charge is 1.89. The number of hydrogen-bond donors (Lipinski definition) is 0. The van der Waals surface area contributed by atoms with Crippen LogP contribution in [0.2, 0.25) is 6.22 Å². The minimum atomic E-state index is 1.14. The minimum Gasteiger partial charge on any atom is -0.136 e. The van der Waals surface area contributed by atoms with Gasteiger partial charge in [-0.25, -0.2) is 0 Å². The van der Waals surface area contributed by atoms with E-state index in [1.165, 1.54) is 0 Å². The largest absolute Gasteiger partial charge is 0.136 e. The van der Waals surface area contributed by atoms with E-state index in [9.17, 15) is 0 Å². The molecule has 0 nitrogen and oxygen atoms in total. The van der Waals surface area contributed by atoms with Gasteiger partial charge in [0.25, 0.3) is 0 Å². The van der Waals surface area contributed by atoms with Gasteiger partial charge in [0.05, 0.1) is 0 Å². The third kappa shape index (κ3) is 0.571. The monoisotopic (exact) mass is 62.0 g/mol. The van der Waals surface area contributed by atoms with E-state index in [1.54, 1.807) is 0 Å². The normalized spacial score (nSPS) is 17.6. The van der Waals surface area contributed by atoms with Gasteiger partial charge >= 0.3 is 0 Å². The molecule has 0 spiro atoms. The van der Waals surface area contributed by atoms with Gasteiger partial charge in [-0.1, -0.05) is 6.22 Å². The van der Waals surface area contributed by atoms with Gasteiger partial charge in [-0.15, -0.1) is 12.0 Å². The summed E-state index contributed by atoms with van der Waals surface area (Å²) in [7, 11) is 4.25. The van der Waals surface area contributed by atoms with Gasteiger partial charge in [0.1, 0.15) is 14.6 Å². The molecule has 5 heavy (non-hydrogen) atoms. The summed E-state index contributed by atoms with van der Waals surface area (Å²) in [4.78, 5) is 0. The minimum absolute atomic E-state index is 1.14. The summed E-state index contributed by atoms with van der Waals surface area (Å²) in [5, 5.41) is 0. The quantitative estimate of drug-likeness (QED) is 0.353. The van der Waals surface area contributed by atoms with Gasteiger partial charge in [-0.2, -0.15) is 0 Å². The van der Waals surface area contributed by atoms with Crippen molar-refractivity contribution in [3.63, 3.8) is 0 Å². The Morgan fingerprint density at radius 2 is 1.80 bits per heavy atom. The highest BCUT2D eigenvalue weighted by atomic mass is 13.5. The standard InChI is InChI=1S/C3H4B2/c1-2-5-3-4-1/h1-2H,3H2. The predicted molar refractivity (Wildman–Crippen MR) is 25.5 cm³/mol. The van der Waals surface area contributed by atoms with Crippen molar-refractivity contribution in [1.82, 2.24) is 0 Å². The molecule has 0 aromatic heterocycles. The van der Waals surface area contributed by atoms with Gasteiger partial charge in [0, 0.05) is 0 Å². The second-order valence-electron chi connectivity index (χ2n) is 1.09. The van der Waals surface area contributed by atoms with Gasteiger partial charge in [-0.05, 0) is 0 Å². The molecule has 0 saturated heterocycles. The molecule has 0 amide bonds. The van der Waals surface area contributed by atoms with E-state index in [2.05, 4.69) is 26.5 Å². The van der Waals surface area contributed by atoms with Gasteiger partial charge < -0.3 is 0 Å². The lowest BCUT2D eigenvalue weighted by atomic mass is 9.64. The molecular weight excluding hydrogens is 57.7 g/mol. The second kappa shape index (κ2) is 1.34. The van der Waals surface area contributed by atoms with Crippen LogP contribution in [-0.2, 0) is 0 Å². The van der Waals surface area contributed by atoms with E-state index in [-0.39, 0.29) is 0 Å². The molecule has 22 valence electrons. The van der Waals surface area contributed by atoms with Gasteiger partial charge in [0.15, 0.2) is 0 Å². The Morgan fingerprint density at radius 3 is 2.00 bits per heavy atom. The maximum Gasteiger partial charge on any atom is 0.131 e. The van der Waals surface area contributed by atoms with Crippen LogP contribution in [0, 0.1) is 0 Å². The SMILES string of the molecule is [B]1C=C[B]C1. The van der Waals surface area contributed by atoms with E-state index >= 15 is 0 Å². The highest BCUT2D eigenvalue weighted by Crippen LogP contribution is 1.85. The Morgan fingerprint density at radius 1 is 1.20 bits per heavy atom. The molecule has 1 aliphatic heterocycles. The van der Waals surface area contributed by atoms with Crippen molar-refractivity contribution in [2.24, 2.45) is 0 Å². The lowest BCUT2D eigenvalue weighted by molar-refractivity contribution is 2.07. The van der Waals surface area contributed by atoms with Crippen molar-refractivity contribution < 1.29 is 0 Å². The molecule has 0 unspecified atom stereocenters. The lowest BCUT2D eigenvalue weighted by Crippen LogP contribution is -1.77. The molecule has 0 N–H and O–H groups in total. The molecule has 0 aromatic carbocycles. The number of rotatable bonds is 0. The van der Waals surface area contributed by atoms with Crippen LogP contribution in [0.5, 0.6) is 0 Å². The third-order valence-electron chi connectivity index (χ3n) is 0.655. The summed E-state index contributed by atoms with van der Waals surface area (Å²) < 4.78 is 0. The summed E-state index contributed by atoms with van der Waals surface area (Å²) >= 11 is 0. The molecule has 1 rings (SSSR count). The summed E-state index contributed by atoms with van der Waals surface area (Å²) in [5.74, 6) is 4.11. The lowest BCUT2D eigenvalue weighted by Gasteiger charge is -1.63. The van der Waals surface area contributed by atoms with E-state index in [0.29, 0.717) is 0 Å². The Bertz CT molecular complexity index is 42.9. The van der Waals surface area contributed by atoms with Crippen LogP contribution in [0.3, 0.4) is 0 Å². The average Bonchev–Trinajstić information content (AvgIpc) is 1.76. The molecule has 2 radical (unpaired) electrons. The third-order valence-corrected chi connectivity index (χ3v) is 0.655. The molecule has 2 heteroatoms. The Balaban J connectivity index is 2.32. The summed E-state index contributed by atoms with van der Waals surface area (Å²) in [6, 6.07) is 0. The van der Waals surface area contributed by atoms with Gasteiger partial charge in [0.2, 0.25) is 0 Å². The van der Waals surface area contributed by atoms with Crippen molar-refractivity contribution in [2.75, 3.05) is 0 Å². The molecule has 1 aliphatic rings. The predicted octanol–water partition coefficient (Wildman–Crippen LogP) is 0.255. The van der Waals surface area contributed by atoms with Crippen LogP contribution < -0.4 is 0 Å². The van der Waals surface area contributed by atoms with Crippen LogP contribution in [0.4, 0.5) is 0 Å². The first-order valence-corrected chi connectivity index (χ1v) is 1.82. The highest BCUT2D eigenvalue weighted by molar-refractivity contribution is 6.67. The molecular formula is C3H4B2. The van der Waals surface area contributed by atoms with Gasteiger partial charge in [-0.3, -0.25) is 0 Å². The van der Waals surface area contributed by atoms with Crippen molar-refractivity contribution in [3.05, 3.63) is 12.0 Å². The fourth-order valence-corrected chi connectivity index (χ4v) is 0.393. The topological polar surface area (TPSA) is 0 Å². The average molecular weight is 61.7 g/mol. The molecule has 0 aromatic rings. The number of hydrogen-bond acceptors (Lipinski definition) is 0. The smallest absolute Gasteiger partial charge is 0.131 e. The van der Waals surface area contributed by atoms with Crippen LogP contribution in [0.15, 0.2) is 12.0 Å². The van der Waals surface area contributed by atoms with E-state index < -0.39 is 0 Å². The summed E-state index contributed by atoms with van der Waals surface area (Å²) in [5.41, 5.74) is 0. The van der Waals surface area contributed by atoms with Crippen molar-refractivity contribution in [1.29, 1.82) is 0 Å². The van der Waals surface area contributed by atoms with Crippen LogP contribution >= 0.6 is 0 Å². The first kappa shape index (κ1) is 3.08. The Kier molecular flexibility index (Phi) is 0.827. The Hall–Kier alpha value is -0.130. The Labute approximate surface area is 33.7 Å². The zero-order valence-corrected chi connectivity index (χ0v) is 3.02. The first-order chi connectivity index (χ1) is 2.50. The van der Waals surface area contributed by atoms with Crippen LogP contribution in [0.25, 0.3) is 0 Å².